The molecule has 2 aromatic heterocycles. The normalized spacial score (nSPS) is 10.4. The van der Waals surface area contributed by atoms with E-state index in [1.807, 2.05) is 20.8 Å². The summed E-state index contributed by atoms with van der Waals surface area (Å²) in [6, 6.07) is 3.97. The van der Waals surface area contributed by atoms with Crippen LogP contribution in [0.4, 0.5) is 5.95 Å². The molecule has 0 atom stereocenters. The summed E-state index contributed by atoms with van der Waals surface area (Å²) in [7, 11) is 1.72. The number of hydrogen-bond donors (Lipinski definition) is 1. The van der Waals surface area contributed by atoms with Crippen molar-refractivity contribution in [2.45, 2.75) is 26.9 Å². The van der Waals surface area contributed by atoms with Crippen molar-refractivity contribution >= 4 is 5.95 Å². The van der Waals surface area contributed by atoms with Crippen LogP contribution >= 0.6 is 0 Å². The van der Waals surface area contributed by atoms with Gasteiger partial charge in [-0.3, -0.25) is 4.98 Å². The van der Waals surface area contributed by atoms with Crippen LogP contribution in [-0.4, -0.2) is 33.1 Å². The van der Waals surface area contributed by atoms with Crippen LogP contribution in [0, 0.1) is 6.92 Å². The minimum atomic E-state index is -0.0323. The second kappa shape index (κ2) is 6.14. The minimum absolute atomic E-state index is 0.0323. The summed E-state index contributed by atoms with van der Waals surface area (Å²) >= 11 is 0. The average molecular weight is 275 g/mol. The molecule has 0 bridgehead atoms. The zero-order chi connectivity index (χ0) is 14.5. The molecule has 0 amide bonds. The Bertz CT molecular complexity index is 589. The fourth-order valence-corrected chi connectivity index (χ4v) is 1.43. The van der Waals surface area contributed by atoms with Crippen molar-refractivity contribution in [3.05, 3.63) is 24.0 Å². The summed E-state index contributed by atoms with van der Waals surface area (Å²) in [5.41, 5.74) is 0.755. The van der Waals surface area contributed by atoms with Crippen molar-refractivity contribution in [2.75, 3.05) is 12.4 Å². The van der Waals surface area contributed by atoms with Crippen LogP contribution in [0.1, 0.15) is 19.5 Å². The molecular formula is C13H17N5O2. The molecule has 0 spiro atoms. The summed E-state index contributed by atoms with van der Waals surface area (Å²) in [6.45, 7) is 5.64. The third-order valence-corrected chi connectivity index (χ3v) is 2.32. The largest absolute Gasteiger partial charge is 0.461 e. The molecule has 0 aliphatic carbocycles. The quantitative estimate of drug-likeness (QED) is 0.895. The molecule has 7 nitrogen and oxygen atoms in total. The van der Waals surface area contributed by atoms with Crippen LogP contribution in [0.15, 0.2) is 18.3 Å². The molecule has 0 fully saturated rings. The highest BCUT2D eigenvalue weighted by Crippen LogP contribution is 2.22. The van der Waals surface area contributed by atoms with Crippen molar-refractivity contribution in [1.29, 1.82) is 0 Å². The number of nitrogens with zero attached hydrogens (tertiary/aromatic N) is 4. The third-order valence-electron chi connectivity index (χ3n) is 2.32. The van der Waals surface area contributed by atoms with Gasteiger partial charge in [0.1, 0.15) is 0 Å². The summed E-state index contributed by atoms with van der Waals surface area (Å²) in [5, 5.41) is 2.84. The molecule has 0 radical (unpaired) electrons. The first-order valence-corrected chi connectivity index (χ1v) is 6.28. The summed E-state index contributed by atoms with van der Waals surface area (Å²) in [6.07, 6.45) is 1.66. The number of pyridine rings is 1. The van der Waals surface area contributed by atoms with Crippen molar-refractivity contribution < 1.29 is 9.47 Å². The first kappa shape index (κ1) is 14.0. The second-order valence-electron chi connectivity index (χ2n) is 4.33. The highest BCUT2D eigenvalue weighted by molar-refractivity contribution is 5.31. The van der Waals surface area contributed by atoms with Crippen LogP contribution in [0.3, 0.4) is 0 Å². The molecule has 0 saturated carbocycles. The number of nitrogens with one attached hydrogen (secondary N) is 1. The minimum Gasteiger partial charge on any atom is -0.461 e. The first-order chi connectivity index (χ1) is 9.58. The predicted octanol–water partition coefficient (Wildman–Crippen LogP) is 2.20. The Kier molecular flexibility index (Phi) is 4.29. The summed E-state index contributed by atoms with van der Waals surface area (Å²) < 4.78 is 11.1. The smallest absolute Gasteiger partial charge is 0.330 e. The SMILES string of the molecule is CNc1nc(Oc2cccnc2C)nc(OC(C)C)n1. The molecule has 1 N–H and O–H groups in total. The highest BCUT2D eigenvalue weighted by Gasteiger charge is 2.11. The molecule has 2 aromatic rings. The van der Waals surface area contributed by atoms with Gasteiger partial charge in [-0.05, 0) is 32.9 Å². The van der Waals surface area contributed by atoms with Gasteiger partial charge in [0.2, 0.25) is 5.95 Å². The van der Waals surface area contributed by atoms with Crippen molar-refractivity contribution in [1.82, 2.24) is 19.9 Å². The van der Waals surface area contributed by atoms with Crippen LogP contribution in [-0.2, 0) is 0 Å². The van der Waals surface area contributed by atoms with Crippen LogP contribution in [0.5, 0.6) is 17.8 Å². The second-order valence-corrected chi connectivity index (χ2v) is 4.33. The summed E-state index contributed by atoms with van der Waals surface area (Å²) in [4.78, 5) is 16.5. The van der Waals surface area contributed by atoms with E-state index in [1.165, 1.54) is 0 Å². The Morgan fingerprint density at radius 3 is 2.55 bits per heavy atom. The molecule has 0 aliphatic heterocycles. The number of ether oxygens (including phenoxy) is 2. The van der Waals surface area contributed by atoms with Gasteiger partial charge in [0.25, 0.3) is 0 Å². The van der Waals surface area contributed by atoms with E-state index in [2.05, 4.69) is 25.3 Å². The lowest BCUT2D eigenvalue weighted by Gasteiger charge is -2.11. The molecule has 106 valence electrons. The molecule has 20 heavy (non-hydrogen) atoms. The zero-order valence-electron chi connectivity index (χ0n) is 11.9. The predicted molar refractivity (Wildman–Crippen MR) is 74.2 cm³/mol. The number of aryl methyl sites for hydroxylation is 1. The lowest BCUT2D eigenvalue weighted by atomic mass is 10.3. The molecule has 2 rings (SSSR count). The molecule has 7 heteroatoms. The number of anilines is 1. The van der Waals surface area contributed by atoms with E-state index < -0.39 is 0 Å². The molecular weight excluding hydrogens is 258 g/mol. The zero-order valence-corrected chi connectivity index (χ0v) is 11.9. The van der Waals surface area contributed by atoms with E-state index in [9.17, 15) is 0 Å². The van der Waals surface area contributed by atoms with Crippen molar-refractivity contribution in [3.8, 4) is 17.8 Å². The Hall–Kier alpha value is -2.44. The van der Waals surface area contributed by atoms with E-state index in [-0.39, 0.29) is 18.1 Å². The fraction of sp³-hybridized carbons (Fsp3) is 0.385. The van der Waals surface area contributed by atoms with Gasteiger partial charge in [-0.1, -0.05) is 0 Å². The van der Waals surface area contributed by atoms with Crippen molar-refractivity contribution in [3.63, 3.8) is 0 Å². The maximum Gasteiger partial charge on any atom is 0.330 e. The Labute approximate surface area is 117 Å². The van der Waals surface area contributed by atoms with Gasteiger partial charge in [-0.2, -0.15) is 9.97 Å². The lowest BCUT2D eigenvalue weighted by molar-refractivity contribution is 0.218. The van der Waals surface area contributed by atoms with E-state index in [0.29, 0.717) is 11.7 Å². The monoisotopic (exact) mass is 275 g/mol. The van der Waals surface area contributed by atoms with Gasteiger partial charge < -0.3 is 14.8 Å². The highest BCUT2D eigenvalue weighted by atomic mass is 16.5. The Morgan fingerprint density at radius 2 is 1.90 bits per heavy atom. The third kappa shape index (κ3) is 3.53. The number of hydrogen-bond acceptors (Lipinski definition) is 7. The van der Waals surface area contributed by atoms with Crippen LogP contribution < -0.4 is 14.8 Å². The van der Waals surface area contributed by atoms with Gasteiger partial charge in [0, 0.05) is 13.2 Å². The fourth-order valence-electron chi connectivity index (χ4n) is 1.43. The number of rotatable bonds is 5. The van der Waals surface area contributed by atoms with E-state index >= 15 is 0 Å². The van der Waals surface area contributed by atoms with Gasteiger partial charge in [-0.15, -0.1) is 4.98 Å². The maximum atomic E-state index is 5.63. The van der Waals surface area contributed by atoms with Gasteiger partial charge in [0.15, 0.2) is 5.75 Å². The molecule has 0 aliphatic rings. The summed E-state index contributed by atoms with van der Waals surface area (Å²) in [5.74, 6) is 0.975. The lowest BCUT2D eigenvalue weighted by Crippen LogP contribution is -2.11. The van der Waals surface area contributed by atoms with E-state index in [4.69, 9.17) is 9.47 Å². The Balaban J connectivity index is 2.29. The average Bonchev–Trinajstić information content (AvgIpc) is 2.40. The standard InChI is InChI=1S/C13H17N5O2/c1-8(2)19-12-16-11(14-4)17-13(18-12)20-10-6-5-7-15-9(10)3/h5-8H,1-4H3,(H,14,16,17,18). The maximum absolute atomic E-state index is 5.63. The van der Waals surface area contributed by atoms with Crippen molar-refractivity contribution in [2.24, 2.45) is 0 Å². The van der Waals surface area contributed by atoms with Gasteiger partial charge in [-0.25, -0.2) is 0 Å². The van der Waals surface area contributed by atoms with Crippen LogP contribution in [0.25, 0.3) is 0 Å². The van der Waals surface area contributed by atoms with Gasteiger partial charge >= 0.3 is 12.0 Å². The topological polar surface area (TPSA) is 82.1 Å². The van der Waals surface area contributed by atoms with Gasteiger partial charge in [0.05, 0.1) is 11.8 Å². The molecule has 0 aromatic carbocycles. The Morgan fingerprint density at radius 1 is 1.15 bits per heavy atom. The molecule has 0 saturated heterocycles. The molecule has 2 heterocycles. The molecule has 0 unspecified atom stereocenters. The van der Waals surface area contributed by atoms with Crippen LogP contribution in [0.2, 0.25) is 0 Å². The van der Waals surface area contributed by atoms with E-state index in [1.54, 1.807) is 25.4 Å². The first-order valence-electron chi connectivity index (χ1n) is 6.28. The number of aromatic nitrogens is 4. The van der Waals surface area contributed by atoms with E-state index in [0.717, 1.165) is 5.69 Å².